The van der Waals surface area contributed by atoms with E-state index in [-0.39, 0.29) is 12.3 Å². The molecule has 0 unspecified atom stereocenters. The van der Waals surface area contributed by atoms with Gasteiger partial charge in [0.2, 0.25) is 5.91 Å². The molecule has 5 heteroatoms. The lowest BCUT2D eigenvalue weighted by molar-refractivity contribution is -0.145. The lowest BCUT2D eigenvalue weighted by atomic mass is 10.0. The van der Waals surface area contributed by atoms with Gasteiger partial charge in [0.15, 0.2) is 0 Å². The van der Waals surface area contributed by atoms with E-state index in [9.17, 15) is 9.59 Å². The predicted molar refractivity (Wildman–Crippen MR) is 72.4 cm³/mol. The van der Waals surface area contributed by atoms with E-state index < -0.39 is 11.5 Å². The van der Waals surface area contributed by atoms with Gasteiger partial charge >= 0.3 is 5.97 Å². The molecule has 0 atom stereocenters. The summed E-state index contributed by atoms with van der Waals surface area (Å²) in [6.07, 6.45) is 0.176. The second kappa shape index (κ2) is 5.52. The van der Waals surface area contributed by atoms with Gasteiger partial charge in [-0.25, -0.2) is 4.79 Å². The van der Waals surface area contributed by atoms with Crippen molar-refractivity contribution in [2.45, 2.75) is 32.7 Å². The molecule has 0 saturated heterocycles. The fourth-order valence-corrected chi connectivity index (χ4v) is 1.95. The summed E-state index contributed by atoms with van der Waals surface area (Å²) in [6.45, 7) is 4.83. The van der Waals surface area contributed by atoms with Gasteiger partial charge in [-0.2, -0.15) is 0 Å². The first-order chi connectivity index (χ1) is 8.22. The average molecular weight is 314 g/mol. The zero-order chi connectivity index (χ0) is 13.9. The first kappa shape index (κ1) is 14.7. The molecule has 0 bridgehead atoms. The second-order valence-corrected chi connectivity index (χ2v) is 5.64. The number of aryl methyl sites for hydroxylation is 1. The van der Waals surface area contributed by atoms with E-state index in [0.717, 1.165) is 15.6 Å². The van der Waals surface area contributed by atoms with E-state index >= 15 is 0 Å². The molecule has 0 fully saturated rings. The van der Waals surface area contributed by atoms with Gasteiger partial charge < -0.3 is 10.4 Å². The Kier molecular flexibility index (Phi) is 4.51. The number of hydrogen-bond acceptors (Lipinski definition) is 2. The highest BCUT2D eigenvalue weighted by Gasteiger charge is 2.28. The van der Waals surface area contributed by atoms with E-state index in [1.54, 1.807) is 0 Å². The molecular formula is C13H16BrNO3. The molecule has 0 aliphatic rings. The first-order valence-corrected chi connectivity index (χ1v) is 6.31. The fourth-order valence-electron chi connectivity index (χ4n) is 1.48. The molecule has 0 aromatic heterocycles. The van der Waals surface area contributed by atoms with Crippen molar-refractivity contribution in [1.29, 1.82) is 0 Å². The highest BCUT2D eigenvalue weighted by atomic mass is 79.9. The molecule has 18 heavy (non-hydrogen) atoms. The quantitative estimate of drug-likeness (QED) is 0.896. The van der Waals surface area contributed by atoms with Crippen LogP contribution in [0.15, 0.2) is 22.7 Å². The van der Waals surface area contributed by atoms with Gasteiger partial charge in [-0.05, 0) is 44.0 Å². The van der Waals surface area contributed by atoms with Crippen LogP contribution >= 0.6 is 15.9 Å². The van der Waals surface area contributed by atoms with E-state index in [1.165, 1.54) is 13.8 Å². The molecule has 0 aliphatic heterocycles. The Labute approximate surface area is 115 Å². The molecule has 1 aromatic rings. The van der Waals surface area contributed by atoms with Crippen LogP contribution in [0.3, 0.4) is 0 Å². The number of aliphatic carboxylic acids is 1. The number of carboxylic acid groups (broad SMARTS) is 1. The third kappa shape index (κ3) is 3.84. The SMILES string of the molecule is Cc1cc(Br)ccc1CC(=O)NC(C)(C)C(=O)O. The van der Waals surface area contributed by atoms with Crippen molar-refractivity contribution in [2.24, 2.45) is 0 Å². The van der Waals surface area contributed by atoms with Gasteiger partial charge in [0, 0.05) is 4.47 Å². The zero-order valence-corrected chi connectivity index (χ0v) is 12.2. The molecule has 0 spiro atoms. The Hall–Kier alpha value is -1.36. The Balaban J connectivity index is 2.74. The fraction of sp³-hybridized carbons (Fsp3) is 0.385. The van der Waals surface area contributed by atoms with Gasteiger partial charge in [0.05, 0.1) is 6.42 Å². The highest BCUT2D eigenvalue weighted by Crippen LogP contribution is 2.16. The summed E-state index contributed by atoms with van der Waals surface area (Å²) in [5, 5.41) is 11.4. The summed E-state index contributed by atoms with van der Waals surface area (Å²) >= 11 is 3.35. The first-order valence-electron chi connectivity index (χ1n) is 5.52. The Morgan fingerprint density at radius 1 is 1.39 bits per heavy atom. The number of carbonyl (C=O) groups is 2. The van der Waals surface area contributed by atoms with Crippen LogP contribution in [0.2, 0.25) is 0 Å². The number of carbonyl (C=O) groups excluding carboxylic acids is 1. The zero-order valence-electron chi connectivity index (χ0n) is 10.6. The minimum atomic E-state index is -1.25. The van der Waals surface area contributed by atoms with E-state index in [0.29, 0.717) is 0 Å². The lowest BCUT2D eigenvalue weighted by Gasteiger charge is -2.21. The standard InChI is InChI=1S/C13H16BrNO3/c1-8-6-10(14)5-4-9(8)7-11(16)15-13(2,3)12(17)18/h4-6H,7H2,1-3H3,(H,15,16)(H,17,18). The summed E-state index contributed by atoms with van der Waals surface area (Å²) in [6, 6.07) is 5.63. The molecule has 1 aromatic carbocycles. The second-order valence-electron chi connectivity index (χ2n) is 4.73. The summed E-state index contributed by atoms with van der Waals surface area (Å²) in [5.41, 5.74) is 0.630. The molecule has 0 saturated carbocycles. The van der Waals surface area contributed by atoms with Crippen LogP contribution < -0.4 is 5.32 Å². The maximum Gasteiger partial charge on any atom is 0.328 e. The summed E-state index contributed by atoms with van der Waals surface area (Å²) in [5.74, 6) is -1.35. The van der Waals surface area contributed by atoms with Gasteiger partial charge in [-0.1, -0.05) is 22.0 Å². The predicted octanol–water partition coefficient (Wildman–Crippen LogP) is 2.28. The van der Waals surface area contributed by atoms with Gasteiger partial charge in [-0.15, -0.1) is 0 Å². The van der Waals surface area contributed by atoms with Crippen molar-refractivity contribution < 1.29 is 14.7 Å². The van der Waals surface area contributed by atoms with Crippen LogP contribution in [0, 0.1) is 6.92 Å². The normalized spacial score (nSPS) is 11.1. The minimum absolute atomic E-state index is 0.176. The largest absolute Gasteiger partial charge is 0.480 e. The van der Waals surface area contributed by atoms with Crippen molar-refractivity contribution >= 4 is 27.8 Å². The van der Waals surface area contributed by atoms with Gasteiger partial charge in [0.25, 0.3) is 0 Å². The maximum atomic E-state index is 11.8. The Morgan fingerprint density at radius 3 is 2.50 bits per heavy atom. The Bertz CT molecular complexity index is 483. The van der Waals surface area contributed by atoms with Crippen molar-refractivity contribution in [3.8, 4) is 0 Å². The van der Waals surface area contributed by atoms with Crippen molar-refractivity contribution in [1.82, 2.24) is 5.32 Å². The van der Waals surface area contributed by atoms with Crippen LogP contribution in [-0.4, -0.2) is 22.5 Å². The summed E-state index contributed by atoms with van der Waals surface area (Å²) in [7, 11) is 0. The number of hydrogen-bond donors (Lipinski definition) is 2. The number of amides is 1. The van der Waals surface area contributed by atoms with Gasteiger partial charge in [-0.3, -0.25) is 4.79 Å². The van der Waals surface area contributed by atoms with E-state index in [4.69, 9.17) is 5.11 Å². The molecule has 1 amide bonds. The lowest BCUT2D eigenvalue weighted by Crippen LogP contribution is -2.50. The number of halogens is 1. The number of rotatable bonds is 4. The van der Waals surface area contributed by atoms with Gasteiger partial charge in [0.1, 0.15) is 5.54 Å². The van der Waals surface area contributed by atoms with Crippen molar-refractivity contribution in [3.05, 3.63) is 33.8 Å². The number of carboxylic acids is 1. The number of nitrogens with one attached hydrogen (secondary N) is 1. The van der Waals surface area contributed by atoms with Crippen LogP contribution in [-0.2, 0) is 16.0 Å². The van der Waals surface area contributed by atoms with Crippen LogP contribution in [0.5, 0.6) is 0 Å². The maximum absolute atomic E-state index is 11.8. The molecule has 4 nitrogen and oxygen atoms in total. The average Bonchev–Trinajstić information content (AvgIpc) is 2.21. The molecule has 2 N–H and O–H groups in total. The molecule has 0 heterocycles. The third-order valence-electron chi connectivity index (χ3n) is 2.64. The summed E-state index contributed by atoms with van der Waals surface area (Å²) < 4.78 is 0.954. The minimum Gasteiger partial charge on any atom is -0.480 e. The molecule has 0 aliphatic carbocycles. The van der Waals surface area contributed by atoms with Crippen LogP contribution in [0.4, 0.5) is 0 Å². The third-order valence-corrected chi connectivity index (χ3v) is 3.14. The summed E-state index contributed by atoms with van der Waals surface area (Å²) in [4.78, 5) is 22.7. The monoisotopic (exact) mass is 313 g/mol. The topological polar surface area (TPSA) is 66.4 Å². The highest BCUT2D eigenvalue weighted by molar-refractivity contribution is 9.10. The van der Waals surface area contributed by atoms with E-state index in [2.05, 4.69) is 21.2 Å². The van der Waals surface area contributed by atoms with Crippen LogP contribution in [0.25, 0.3) is 0 Å². The Morgan fingerprint density at radius 2 is 2.00 bits per heavy atom. The molecular weight excluding hydrogens is 298 g/mol. The van der Waals surface area contributed by atoms with Crippen molar-refractivity contribution in [2.75, 3.05) is 0 Å². The van der Waals surface area contributed by atoms with Crippen molar-refractivity contribution in [3.63, 3.8) is 0 Å². The molecule has 98 valence electrons. The van der Waals surface area contributed by atoms with E-state index in [1.807, 2.05) is 25.1 Å². The molecule has 1 rings (SSSR count). The smallest absolute Gasteiger partial charge is 0.328 e. The van der Waals surface area contributed by atoms with Crippen LogP contribution in [0.1, 0.15) is 25.0 Å². The number of benzene rings is 1. The molecule has 0 radical (unpaired) electrons.